The van der Waals surface area contributed by atoms with E-state index in [0.29, 0.717) is 22.6 Å². The van der Waals surface area contributed by atoms with Gasteiger partial charge in [0.1, 0.15) is 10.9 Å². The molecule has 0 radical (unpaired) electrons. The lowest BCUT2D eigenvalue weighted by Gasteiger charge is -2.01. The Kier molecular flexibility index (Phi) is 2.84. The van der Waals surface area contributed by atoms with E-state index in [-0.39, 0.29) is 5.56 Å². The summed E-state index contributed by atoms with van der Waals surface area (Å²) in [6, 6.07) is 5.64. The highest BCUT2D eigenvalue weighted by Gasteiger charge is 2.11. The molecule has 0 aromatic carbocycles. The molecule has 0 saturated carbocycles. The van der Waals surface area contributed by atoms with Gasteiger partial charge in [-0.1, -0.05) is 6.92 Å². The molecule has 16 heavy (non-hydrogen) atoms. The molecular formula is C11H9N3OS. The monoisotopic (exact) mass is 231 g/mol. The van der Waals surface area contributed by atoms with Crippen molar-refractivity contribution in [3.63, 3.8) is 0 Å². The smallest absolute Gasteiger partial charge is 0.254 e. The largest absolute Gasteiger partial charge is 0.313 e. The van der Waals surface area contributed by atoms with Crippen LogP contribution in [0.5, 0.6) is 0 Å². The van der Waals surface area contributed by atoms with E-state index in [1.807, 2.05) is 13.0 Å². The van der Waals surface area contributed by atoms with Crippen molar-refractivity contribution in [1.29, 1.82) is 5.26 Å². The normalized spacial score (nSPS) is 10.0. The van der Waals surface area contributed by atoms with Crippen molar-refractivity contribution < 1.29 is 0 Å². The number of H-pyrrole nitrogens is 1. The van der Waals surface area contributed by atoms with E-state index in [0.717, 1.165) is 4.88 Å². The second kappa shape index (κ2) is 4.29. The zero-order valence-corrected chi connectivity index (χ0v) is 9.47. The Morgan fingerprint density at radius 2 is 2.38 bits per heavy atom. The highest BCUT2D eigenvalue weighted by molar-refractivity contribution is 7.16. The molecule has 1 N–H and O–H groups in total. The maximum Gasteiger partial charge on any atom is 0.254 e. The minimum absolute atomic E-state index is 0.112. The summed E-state index contributed by atoms with van der Waals surface area (Å²) < 4.78 is 0. The predicted molar refractivity (Wildman–Crippen MR) is 62.3 cm³/mol. The Hall–Kier alpha value is -1.93. The molecule has 0 atom stereocenters. The summed E-state index contributed by atoms with van der Waals surface area (Å²) in [5.74, 6) is 0. The average molecular weight is 231 g/mol. The van der Waals surface area contributed by atoms with E-state index < -0.39 is 0 Å². The number of rotatable bonds is 2. The maximum absolute atomic E-state index is 11.6. The third-order valence-electron chi connectivity index (χ3n) is 2.25. The summed E-state index contributed by atoms with van der Waals surface area (Å²) >= 11 is 1.35. The van der Waals surface area contributed by atoms with Crippen molar-refractivity contribution in [2.75, 3.05) is 0 Å². The lowest BCUT2D eigenvalue weighted by atomic mass is 10.1. The lowest BCUT2D eigenvalue weighted by molar-refractivity contribution is 1.01. The van der Waals surface area contributed by atoms with E-state index in [4.69, 9.17) is 5.26 Å². The van der Waals surface area contributed by atoms with Gasteiger partial charge in [0.05, 0.1) is 16.9 Å². The van der Waals surface area contributed by atoms with Gasteiger partial charge in [0.2, 0.25) is 0 Å². The molecule has 2 rings (SSSR count). The number of thiophene rings is 1. The third kappa shape index (κ3) is 1.75. The number of hydrogen-bond acceptors (Lipinski definition) is 4. The second-order valence-corrected chi connectivity index (χ2v) is 4.27. The Morgan fingerprint density at radius 1 is 1.56 bits per heavy atom. The first-order valence-electron chi connectivity index (χ1n) is 4.83. The minimum Gasteiger partial charge on any atom is -0.313 e. The summed E-state index contributed by atoms with van der Waals surface area (Å²) in [4.78, 5) is 19.8. The molecule has 80 valence electrons. The summed E-state index contributed by atoms with van der Waals surface area (Å²) in [7, 11) is 0. The van der Waals surface area contributed by atoms with Gasteiger partial charge in [0.25, 0.3) is 5.56 Å². The Balaban J connectivity index is 2.60. The number of nitrogens with zero attached hydrogens (tertiary/aromatic N) is 2. The molecule has 0 amide bonds. The zero-order chi connectivity index (χ0) is 11.5. The third-order valence-corrected chi connectivity index (χ3v) is 3.25. The SMILES string of the molecule is CCc1c(-c2ccc(C#N)s2)nc[nH]c1=O. The number of aromatic nitrogens is 2. The van der Waals surface area contributed by atoms with Gasteiger partial charge in [-0.25, -0.2) is 4.98 Å². The van der Waals surface area contributed by atoms with Gasteiger partial charge in [0, 0.05) is 5.56 Å². The first-order valence-corrected chi connectivity index (χ1v) is 5.64. The highest BCUT2D eigenvalue weighted by atomic mass is 32.1. The van der Waals surface area contributed by atoms with Crippen LogP contribution in [0.2, 0.25) is 0 Å². The van der Waals surface area contributed by atoms with Gasteiger partial charge in [-0.2, -0.15) is 5.26 Å². The predicted octanol–water partition coefficient (Wildman–Crippen LogP) is 1.93. The quantitative estimate of drug-likeness (QED) is 0.858. The zero-order valence-electron chi connectivity index (χ0n) is 8.65. The van der Waals surface area contributed by atoms with E-state index in [9.17, 15) is 4.79 Å². The molecule has 2 aromatic heterocycles. The van der Waals surface area contributed by atoms with Crippen molar-refractivity contribution in [1.82, 2.24) is 9.97 Å². The van der Waals surface area contributed by atoms with Crippen molar-refractivity contribution in [2.24, 2.45) is 0 Å². The summed E-state index contributed by atoms with van der Waals surface area (Å²) in [5.41, 5.74) is 1.23. The number of hydrogen-bond donors (Lipinski definition) is 1. The number of aromatic amines is 1. The van der Waals surface area contributed by atoms with Crippen molar-refractivity contribution in [3.05, 3.63) is 39.3 Å². The van der Waals surface area contributed by atoms with Gasteiger partial charge < -0.3 is 4.98 Å². The fourth-order valence-corrected chi connectivity index (χ4v) is 2.32. The topological polar surface area (TPSA) is 69.5 Å². The molecule has 0 saturated heterocycles. The molecule has 0 unspecified atom stereocenters. The second-order valence-electron chi connectivity index (χ2n) is 3.19. The molecular weight excluding hydrogens is 222 g/mol. The molecule has 4 nitrogen and oxygen atoms in total. The fraction of sp³-hybridized carbons (Fsp3) is 0.182. The van der Waals surface area contributed by atoms with Crippen LogP contribution >= 0.6 is 11.3 Å². The van der Waals surface area contributed by atoms with Crippen LogP contribution in [0.3, 0.4) is 0 Å². The van der Waals surface area contributed by atoms with Crippen LogP contribution in [0.1, 0.15) is 17.4 Å². The molecule has 2 aromatic rings. The molecule has 0 aliphatic rings. The summed E-state index contributed by atoms with van der Waals surface area (Å²) in [6.45, 7) is 1.91. The minimum atomic E-state index is -0.112. The molecule has 0 aliphatic heterocycles. The van der Waals surface area contributed by atoms with Crippen molar-refractivity contribution in [2.45, 2.75) is 13.3 Å². The van der Waals surface area contributed by atoms with Crippen molar-refractivity contribution in [3.8, 4) is 16.6 Å². The van der Waals surface area contributed by atoms with Crippen LogP contribution in [-0.4, -0.2) is 9.97 Å². The van der Waals surface area contributed by atoms with Gasteiger partial charge >= 0.3 is 0 Å². The van der Waals surface area contributed by atoms with Gasteiger partial charge in [-0.05, 0) is 18.6 Å². The summed E-state index contributed by atoms with van der Waals surface area (Å²) in [5, 5.41) is 8.75. The standard InChI is InChI=1S/C11H9N3OS/c1-2-8-10(13-6-14-11(8)15)9-4-3-7(5-12)16-9/h3-4,6H,2H2,1H3,(H,13,14,15). The molecule has 0 fully saturated rings. The van der Waals surface area contributed by atoms with Crippen LogP contribution < -0.4 is 5.56 Å². The molecule has 0 aliphatic carbocycles. The maximum atomic E-state index is 11.6. The van der Waals surface area contributed by atoms with E-state index in [2.05, 4.69) is 16.0 Å². The van der Waals surface area contributed by atoms with Gasteiger partial charge in [0.15, 0.2) is 0 Å². The lowest BCUT2D eigenvalue weighted by Crippen LogP contribution is -2.13. The van der Waals surface area contributed by atoms with Crippen LogP contribution in [0.15, 0.2) is 23.3 Å². The summed E-state index contributed by atoms with van der Waals surface area (Å²) in [6.07, 6.45) is 2.01. The Bertz CT molecular complexity index is 606. The van der Waals surface area contributed by atoms with E-state index in [1.54, 1.807) is 6.07 Å². The van der Waals surface area contributed by atoms with Crippen LogP contribution in [0.4, 0.5) is 0 Å². The first-order chi connectivity index (χ1) is 7.76. The molecule has 0 bridgehead atoms. The van der Waals surface area contributed by atoms with Crippen LogP contribution in [0, 0.1) is 11.3 Å². The molecule has 2 heterocycles. The fourth-order valence-electron chi connectivity index (χ4n) is 1.49. The molecule has 0 spiro atoms. The van der Waals surface area contributed by atoms with E-state index >= 15 is 0 Å². The average Bonchev–Trinajstić information content (AvgIpc) is 2.77. The van der Waals surface area contributed by atoms with Crippen molar-refractivity contribution >= 4 is 11.3 Å². The number of nitriles is 1. The first kappa shape index (κ1) is 10.6. The van der Waals surface area contributed by atoms with E-state index in [1.165, 1.54) is 17.7 Å². The van der Waals surface area contributed by atoms with Gasteiger partial charge in [-0.3, -0.25) is 4.79 Å². The van der Waals surface area contributed by atoms with Crippen LogP contribution in [0.25, 0.3) is 10.6 Å². The Morgan fingerprint density at radius 3 is 3.00 bits per heavy atom. The number of nitrogens with one attached hydrogen (secondary N) is 1. The molecule has 5 heteroatoms. The van der Waals surface area contributed by atoms with Crippen LogP contribution in [-0.2, 0) is 6.42 Å². The highest BCUT2D eigenvalue weighted by Crippen LogP contribution is 2.27. The Labute approximate surface area is 96.2 Å². The van der Waals surface area contributed by atoms with Gasteiger partial charge in [-0.15, -0.1) is 11.3 Å².